The van der Waals surface area contributed by atoms with Crippen LogP contribution in [0.3, 0.4) is 0 Å². The maximum atomic E-state index is 12.7. The molecule has 0 saturated heterocycles. The van der Waals surface area contributed by atoms with E-state index in [1.165, 1.54) is 0 Å². The van der Waals surface area contributed by atoms with Gasteiger partial charge in [-0.2, -0.15) is 4.98 Å². The third kappa shape index (κ3) is 3.19. The van der Waals surface area contributed by atoms with Crippen LogP contribution in [0.1, 0.15) is 27.0 Å². The van der Waals surface area contributed by atoms with Crippen LogP contribution in [0.25, 0.3) is 22.7 Å². The van der Waals surface area contributed by atoms with E-state index < -0.39 is 0 Å². The van der Waals surface area contributed by atoms with Crippen LogP contribution in [0, 0.1) is 20.8 Å². The minimum atomic E-state index is -0.132. The zero-order chi connectivity index (χ0) is 19.0. The van der Waals surface area contributed by atoms with Crippen LogP contribution in [0.15, 0.2) is 59.1 Å². The summed E-state index contributed by atoms with van der Waals surface area (Å²) >= 11 is 0. The minimum absolute atomic E-state index is 0.132. The van der Waals surface area contributed by atoms with E-state index in [-0.39, 0.29) is 5.91 Å². The number of amides is 1. The third-order valence-corrected chi connectivity index (χ3v) is 4.60. The molecule has 4 rings (SSSR count). The smallest absolute Gasteiger partial charge is 0.255 e. The Balaban J connectivity index is 1.68. The molecule has 2 aromatic carbocycles. The standard InChI is InChI=1S/C22H19N3O2/c1-13-9-10-16(14(2)12-13)21(26)24-18-7-4-6-17(15(18)3)22-25-20-19(27-22)8-5-11-23-20/h4-12H,1-3H3,(H,24,26). The quantitative estimate of drug-likeness (QED) is 0.556. The van der Waals surface area contributed by atoms with Crippen LogP contribution in [0.4, 0.5) is 5.69 Å². The Hall–Kier alpha value is -3.47. The number of pyridine rings is 1. The molecule has 0 aliphatic rings. The van der Waals surface area contributed by atoms with Gasteiger partial charge in [0.15, 0.2) is 11.2 Å². The number of hydrogen-bond acceptors (Lipinski definition) is 4. The number of fused-ring (bicyclic) bond motifs is 1. The summed E-state index contributed by atoms with van der Waals surface area (Å²) in [6, 6.07) is 15.1. The molecule has 0 aliphatic heterocycles. The maximum absolute atomic E-state index is 12.7. The van der Waals surface area contributed by atoms with Crippen molar-refractivity contribution in [1.82, 2.24) is 9.97 Å². The van der Waals surface area contributed by atoms with E-state index in [1.54, 1.807) is 6.20 Å². The van der Waals surface area contributed by atoms with Crippen molar-refractivity contribution in [2.45, 2.75) is 20.8 Å². The molecule has 0 bridgehead atoms. The summed E-state index contributed by atoms with van der Waals surface area (Å²) in [5, 5.41) is 3.01. The summed E-state index contributed by atoms with van der Waals surface area (Å²) in [5.41, 5.74) is 6.39. The average molecular weight is 357 g/mol. The molecule has 1 N–H and O–H groups in total. The van der Waals surface area contributed by atoms with Crippen molar-refractivity contribution in [3.8, 4) is 11.5 Å². The van der Waals surface area contributed by atoms with Gasteiger partial charge < -0.3 is 9.73 Å². The van der Waals surface area contributed by atoms with Gasteiger partial charge in [0.25, 0.3) is 5.91 Å². The van der Waals surface area contributed by atoms with Gasteiger partial charge in [-0.1, -0.05) is 23.8 Å². The SMILES string of the molecule is Cc1ccc(C(=O)Nc2cccc(-c3nc4ncccc4o3)c2C)c(C)c1. The fourth-order valence-electron chi connectivity index (χ4n) is 3.14. The van der Waals surface area contributed by atoms with Crippen molar-refractivity contribution in [1.29, 1.82) is 0 Å². The lowest BCUT2D eigenvalue weighted by atomic mass is 10.0. The van der Waals surface area contributed by atoms with Crippen molar-refractivity contribution in [3.05, 3.63) is 77.0 Å². The van der Waals surface area contributed by atoms with Crippen molar-refractivity contribution in [2.24, 2.45) is 0 Å². The van der Waals surface area contributed by atoms with E-state index in [1.807, 2.05) is 69.3 Å². The van der Waals surface area contributed by atoms with Crippen LogP contribution in [0.2, 0.25) is 0 Å². The molecule has 134 valence electrons. The molecule has 0 unspecified atom stereocenters. The molecule has 2 aromatic heterocycles. The molecule has 0 fully saturated rings. The lowest BCUT2D eigenvalue weighted by Crippen LogP contribution is -2.14. The molecule has 0 atom stereocenters. The number of nitrogens with one attached hydrogen (secondary N) is 1. The highest BCUT2D eigenvalue weighted by atomic mass is 16.3. The molecule has 0 aliphatic carbocycles. The number of benzene rings is 2. The Bertz CT molecular complexity index is 1130. The predicted molar refractivity (Wildman–Crippen MR) is 106 cm³/mol. The van der Waals surface area contributed by atoms with Gasteiger partial charge in [-0.25, -0.2) is 4.98 Å². The lowest BCUT2D eigenvalue weighted by Gasteiger charge is -2.12. The number of rotatable bonds is 3. The lowest BCUT2D eigenvalue weighted by molar-refractivity contribution is 0.102. The molecule has 0 radical (unpaired) electrons. The van der Waals surface area contributed by atoms with E-state index in [4.69, 9.17) is 4.42 Å². The topological polar surface area (TPSA) is 68.0 Å². The van der Waals surface area contributed by atoms with Gasteiger partial charge in [0.1, 0.15) is 0 Å². The Morgan fingerprint density at radius 1 is 1.04 bits per heavy atom. The van der Waals surface area contributed by atoms with Crippen LogP contribution in [0.5, 0.6) is 0 Å². The third-order valence-electron chi connectivity index (χ3n) is 4.60. The van der Waals surface area contributed by atoms with Crippen molar-refractivity contribution in [2.75, 3.05) is 5.32 Å². The maximum Gasteiger partial charge on any atom is 0.255 e. The molecule has 5 nitrogen and oxygen atoms in total. The van der Waals surface area contributed by atoms with E-state index in [0.29, 0.717) is 22.7 Å². The second kappa shape index (κ2) is 6.68. The second-order valence-corrected chi connectivity index (χ2v) is 6.59. The Morgan fingerprint density at radius 3 is 2.67 bits per heavy atom. The summed E-state index contributed by atoms with van der Waals surface area (Å²) in [6.07, 6.45) is 1.68. The summed E-state index contributed by atoms with van der Waals surface area (Å²) < 4.78 is 5.83. The summed E-state index contributed by atoms with van der Waals surface area (Å²) in [6.45, 7) is 5.89. The van der Waals surface area contributed by atoms with Gasteiger partial charge in [-0.05, 0) is 62.2 Å². The second-order valence-electron chi connectivity index (χ2n) is 6.59. The Kier molecular flexibility index (Phi) is 4.20. The molecule has 27 heavy (non-hydrogen) atoms. The van der Waals surface area contributed by atoms with Crippen LogP contribution < -0.4 is 5.32 Å². The number of hydrogen-bond donors (Lipinski definition) is 1. The van der Waals surface area contributed by atoms with E-state index in [9.17, 15) is 4.79 Å². The molecule has 2 heterocycles. The first-order valence-corrected chi connectivity index (χ1v) is 8.73. The highest BCUT2D eigenvalue weighted by molar-refractivity contribution is 6.06. The van der Waals surface area contributed by atoms with E-state index >= 15 is 0 Å². The molecule has 4 aromatic rings. The van der Waals surface area contributed by atoms with Gasteiger partial charge in [0.2, 0.25) is 5.89 Å². The highest BCUT2D eigenvalue weighted by Crippen LogP contribution is 2.30. The molecule has 5 heteroatoms. The number of carbonyl (C=O) groups is 1. The molecule has 0 saturated carbocycles. The first kappa shape index (κ1) is 17.0. The van der Waals surface area contributed by atoms with Gasteiger partial charge >= 0.3 is 0 Å². The van der Waals surface area contributed by atoms with Crippen LogP contribution >= 0.6 is 0 Å². The fraction of sp³-hybridized carbons (Fsp3) is 0.136. The van der Waals surface area contributed by atoms with Crippen molar-refractivity contribution >= 4 is 22.8 Å². The number of nitrogens with zero attached hydrogens (tertiary/aromatic N) is 2. The molecular formula is C22H19N3O2. The molecular weight excluding hydrogens is 338 g/mol. The number of anilines is 1. The normalized spacial score (nSPS) is 10.9. The van der Waals surface area contributed by atoms with Crippen LogP contribution in [-0.2, 0) is 0 Å². The monoisotopic (exact) mass is 357 g/mol. The summed E-state index contributed by atoms with van der Waals surface area (Å²) in [5.74, 6) is 0.357. The molecule has 0 spiro atoms. The van der Waals surface area contributed by atoms with E-state index in [0.717, 1.165) is 27.9 Å². The average Bonchev–Trinajstić information content (AvgIpc) is 3.07. The van der Waals surface area contributed by atoms with Gasteiger partial charge in [0.05, 0.1) is 0 Å². The first-order valence-electron chi connectivity index (χ1n) is 8.73. The number of carbonyl (C=O) groups excluding carboxylic acids is 1. The first-order chi connectivity index (χ1) is 13.0. The molecule has 1 amide bonds. The fourth-order valence-corrected chi connectivity index (χ4v) is 3.14. The Morgan fingerprint density at radius 2 is 1.89 bits per heavy atom. The minimum Gasteiger partial charge on any atom is -0.434 e. The number of oxazole rings is 1. The van der Waals surface area contributed by atoms with Gasteiger partial charge in [-0.3, -0.25) is 4.79 Å². The Labute approximate surface area is 157 Å². The van der Waals surface area contributed by atoms with Crippen molar-refractivity contribution < 1.29 is 9.21 Å². The highest BCUT2D eigenvalue weighted by Gasteiger charge is 2.15. The zero-order valence-electron chi connectivity index (χ0n) is 15.4. The van der Waals surface area contributed by atoms with Crippen molar-refractivity contribution in [3.63, 3.8) is 0 Å². The van der Waals surface area contributed by atoms with Gasteiger partial charge in [0, 0.05) is 23.0 Å². The summed E-state index contributed by atoms with van der Waals surface area (Å²) in [7, 11) is 0. The van der Waals surface area contributed by atoms with E-state index in [2.05, 4.69) is 15.3 Å². The predicted octanol–water partition coefficient (Wildman–Crippen LogP) is 5.07. The van der Waals surface area contributed by atoms with Crippen LogP contribution in [-0.4, -0.2) is 15.9 Å². The number of aryl methyl sites for hydroxylation is 2. The summed E-state index contributed by atoms with van der Waals surface area (Å²) in [4.78, 5) is 21.4. The number of aromatic nitrogens is 2. The van der Waals surface area contributed by atoms with Gasteiger partial charge in [-0.15, -0.1) is 0 Å². The largest absolute Gasteiger partial charge is 0.434 e. The zero-order valence-corrected chi connectivity index (χ0v) is 15.4.